The second-order valence-corrected chi connectivity index (χ2v) is 7.56. The average Bonchev–Trinajstić information content (AvgIpc) is 3.16. The quantitative estimate of drug-likeness (QED) is 0.635. The molecule has 2 fully saturated rings. The zero-order chi connectivity index (χ0) is 16.4. The molecule has 2 aromatic carbocycles. The lowest BCUT2D eigenvalue weighted by atomic mass is 10.0. The summed E-state index contributed by atoms with van der Waals surface area (Å²) in [7, 11) is 2.28. The molecule has 0 N–H and O–H groups in total. The topological polar surface area (TPSA) is 19.6 Å². The van der Waals surface area contributed by atoms with Gasteiger partial charge in [0.05, 0.1) is 6.17 Å². The average molecular weight is 320 g/mol. The minimum Gasteiger partial charge on any atom is -0.456 e. The van der Waals surface area contributed by atoms with E-state index >= 15 is 0 Å². The van der Waals surface area contributed by atoms with Gasteiger partial charge in [0.25, 0.3) is 0 Å². The lowest BCUT2D eigenvalue weighted by molar-refractivity contribution is 0.149. The second-order valence-electron chi connectivity index (χ2n) is 7.56. The van der Waals surface area contributed by atoms with Gasteiger partial charge in [-0.1, -0.05) is 18.2 Å². The zero-order valence-corrected chi connectivity index (χ0v) is 14.6. The standard InChI is InChI=1S/C21H24N2O/c1-13-10-21-18(17-6-4-5-7-20(17)24-21)12-19(13)23-14(2)22(3)15-8-9-16(23)11-15/h4-7,10,12,14-16H,8-9,11H2,1-3H3. The molecular weight excluding hydrogens is 296 g/mol. The molecule has 0 spiro atoms. The second kappa shape index (κ2) is 5.00. The Bertz CT molecular complexity index is 928. The van der Waals surface area contributed by atoms with E-state index in [-0.39, 0.29) is 0 Å². The molecule has 3 atom stereocenters. The maximum absolute atomic E-state index is 6.06. The lowest BCUT2D eigenvalue weighted by Gasteiger charge is -2.47. The number of benzene rings is 2. The molecule has 0 radical (unpaired) electrons. The number of aryl methyl sites for hydroxylation is 1. The largest absolute Gasteiger partial charge is 0.456 e. The van der Waals surface area contributed by atoms with Crippen LogP contribution in [0.25, 0.3) is 21.9 Å². The van der Waals surface area contributed by atoms with E-state index in [0.717, 1.165) is 17.2 Å². The Hall–Kier alpha value is -2.00. The number of fused-ring (bicyclic) bond motifs is 5. The Morgan fingerprint density at radius 3 is 2.67 bits per heavy atom. The molecule has 3 nitrogen and oxygen atoms in total. The van der Waals surface area contributed by atoms with Crippen molar-refractivity contribution < 1.29 is 4.42 Å². The van der Waals surface area contributed by atoms with E-state index in [1.165, 1.54) is 41.3 Å². The van der Waals surface area contributed by atoms with Gasteiger partial charge < -0.3 is 9.32 Å². The van der Waals surface area contributed by atoms with E-state index in [2.05, 4.69) is 61.0 Å². The fourth-order valence-corrected chi connectivity index (χ4v) is 4.90. The van der Waals surface area contributed by atoms with Gasteiger partial charge in [-0.15, -0.1) is 0 Å². The monoisotopic (exact) mass is 320 g/mol. The van der Waals surface area contributed by atoms with Crippen LogP contribution in [0.5, 0.6) is 0 Å². The minimum absolute atomic E-state index is 0.450. The van der Waals surface area contributed by atoms with E-state index in [1.54, 1.807) is 0 Å². The zero-order valence-electron chi connectivity index (χ0n) is 14.6. The van der Waals surface area contributed by atoms with E-state index < -0.39 is 0 Å². The highest BCUT2D eigenvalue weighted by atomic mass is 16.3. The summed E-state index contributed by atoms with van der Waals surface area (Å²) in [6, 6.07) is 14.4. The summed E-state index contributed by atoms with van der Waals surface area (Å²) in [5.41, 5.74) is 4.67. The van der Waals surface area contributed by atoms with Crippen LogP contribution >= 0.6 is 0 Å². The van der Waals surface area contributed by atoms with Gasteiger partial charge in [0, 0.05) is 28.5 Å². The number of para-hydroxylation sites is 1. The van der Waals surface area contributed by atoms with Crippen LogP contribution in [0.2, 0.25) is 0 Å². The SMILES string of the molecule is Cc1cc2oc3ccccc3c2cc1N1C2CCC(C2)N(C)C1C. The Morgan fingerprint density at radius 1 is 1.00 bits per heavy atom. The normalized spacial score (nSPS) is 27.5. The molecule has 24 heavy (non-hydrogen) atoms. The van der Waals surface area contributed by atoms with Gasteiger partial charge in [-0.3, -0.25) is 4.90 Å². The van der Waals surface area contributed by atoms with Crippen molar-refractivity contribution in [1.82, 2.24) is 4.90 Å². The predicted molar refractivity (Wildman–Crippen MR) is 99.6 cm³/mol. The highest BCUT2D eigenvalue weighted by Gasteiger charge is 2.42. The van der Waals surface area contributed by atoms with E-state index in [1.807, 2.05) is 6.07 Å². The van der Waals surface area contributed by atoms with Gasteiger partial charge in [-0.2, -0.15) is 0 Å². The minimum atomic E-state index is 0.450. The Labute approximate surface area is 142 Å². The molecule has 1 saturated carbocycles. The van der Waals surface area contributed by atoms with Crippen molar-refractivity contribution in [2.45, 2.75) is 51.4 Å². The van der Waals surface area contributed by atoms with Crippen LogP contribution in [0.4, 0.5) is 5.69 Å². The molecule has 2 aliphatic rings. The third-order valence-corrected chi connectivity index (χ3v) is 6.31. The molecule has 1 aliphatic carbocycles. The molecule has 2 bridgehead atoms. The first-order valence-corrected chi connectivity index (χ1v) is 9.05. The van der Waals surface area contributed by atoms with Gasteiger partial charge in [0.1, 0.15) is 11.2 Å². The molecule has 1 saturated heterocycles. The van der Waals surface area contributed by atoms with Gasteiger partial charge >= 0.3 is 0 Å². The van der Waals surface area contributed by atoms with E-state index in [4.69, 9.17) is 4.42 Å². The third-order valence-electron chi connectivity index (χ3n) is 6.31. The van der Waals surface area contributed by atoms with Crippen molar-refractivity contribution in [3.63, 3.8) is 0 Å². The smallest absolute Gasteiger partial charge is 0.135 e. The molecule has 5 rings (SSSR count). The number of hydrogen-bond acceptors (Lipinski definition) is 3. The van der Waals surface area contributed by atoms with Crippen LogP contribution in [-0.2, 0) is 0 Å². The molecular formula is C21H24N2O. The summed E-state index contributed by atoms with van der Waals surface area (Å²) in [6.45, 7) is 4.57. The van der Waals surface area contributed by atoms with Crippen molar-refractivity contribution in [1.29, 1.82) is 0 Å². The molecule has 124 valence electrons. The highest BCUT2D eigenvalue weighted by molar-refractivity contribution is 6.06. The first-order valence-electron chi connectivity index (χ1n) is 9.05. The highest BCUT2D eigenvalue weighted by Crippen LogP contribution is 2.42. The summed E-state index contributed by atoms with van der Waals surface area (Å²) in [4.78, 5) is 5.21. The number of hydrogen-bond donors (Lipinski definition) is 0. The Kier molecular flexibility index (Phi) is 2.99. The molecule has 3 unspecified atom stereocenters. The molecule has 1 aromatic heterocycles. The van der Waals surface area contributed by atoms with Crippen molar-refractivity contribution in [2.75, 3.05) is 11.9 Å². The Morgan fingerprint density at radius 2 is 1.79 bits per heavy atom. The van der Waals surface area contributed by atoms with E-state index in [0.29, 0.717) is 12.2 Å². The fourth-order valence-electron chi connectivity index (χ4n) is 4.90. The van der Waals surface area contributed by atoms with Gasteiger partial charge in [0.15, 0.2) is 0 Å². The van der Waals surface area contributed by atoms with Gasteiger partial charge in [0.2, 0.25) is 0 Å². The van der Waals surface area contributed by atoms with E-state index in [9.17, 15) is 0 Å². The maximum Gasteiger partial charge on any atom is 0.135 e. The first-order chi connectivity index (χ1) is 11.6. The van der Waals surface area contributed by atoms with Crippen LogP contribution in [-0.4, -0.2) is 30.2 Å². The summed E-state index contributed by atoms with van der Waals surface area (Å²) in [5.74, 6) is 0. The number of furan rings is 1. The van der Waals surface area contributed by atoms with Crippen molar-refractivity contribution in [3.05, 3.63) is 42.0 Å². The molecule has 3 heteroatoms. The van der Waals surface area contributed by atoms with Crippen LogP contribution in [0.3, 0.4) is 0 Å². The summed E-state index contributed by atoms with van der Waals surface area (Å²) in [6.07, 6.45) is 4.39. The first kappa shape index (κ1) is 14.4. The summed E-state index contributed by atoms with van der Waals surface area (Å²) in [5, 5.41) is 2.46. The maximum atomic E-state index is 6.06. The molecule has 2 heterocycles. The third kappa shape index (κ3) is 1.88. The fraction of sp³-hybridized carbons (Fsp3) is 0.429. The number of rotatable bonds is 1. The predicted octanol–water partition coefficient (Wildman–Crippen LogP) is 4.91. The van der Waals surface area contributed by atoms with Crippen LogP contribution in [0, 0.1) is 6.92 Å². The van der Waals surface area contributed by atoms with Crippen molar-refractivity contribution >= 4 is 27.6 Å². The number of nitrogens with zero attached hydrogens (tertiary/aromatic N) is 2. The van der Waals surface area contributed by atoms with Crippen molar-refractivity contribution in [2.24, 2.45) is 0 Å². The molecule has 1 aliphatic heterocycles. The van der Waals surface area contributed by atoms with Crippen LogP contribution < -0.4 is 4.90 Å². The van der Waals surface area contributed by atoms with Crippen LogP contribution in [0.1, 0.15) is 31.7 Å². The summed E-state index contributed by atoms with van der Waals surface area (Å²) < 4.78 is 6.06. The Balaban J connectivity index is 1.71. The summed E-state index contributed by atoms with van der Waals surface area (Å²) >= 11 is 0. The number of anilines is 1. The van der Waals surface area contributed by atoms with Crippen LogP contribution in [0.15, 0.2) is 40.8 Å². The van der Waals surface area contributed by atoms with Gasteiger partial charge in [-0.25, -0.2) is 0 Å². The van der Waals surface area contributed by atoms with Gasteiger partial charge in [-0.05, 0) is 63.9 Å². The molecule has 0 amide bonds. The van der Waals surface area contributed by atoms with Crippen molar-refractivity contribution in [3.8, 4) is 0 Å². The lowest BCUT2D eigenvalue weighted by Crippen LogP contribution is -2.56. The molecule has 3 aromatic rings.